The van der Waals surface area contributed by atoms with Crippen molar-refractivity contribution < 1.29 is 73.9 Å². The van der Waals surface area contributed by atoms with Crippen LogP contribution in [-0.4, -0.2) is 49.4 Å². The Hall–Kier alpha value is -8.74. The van der Waals surface area contributed by atoms with Crippen LogP contribution >= 0.6 is 0 Å². The van der Waals surface area contributed by atoms with Crippen molar-refractivity contribution in [3.05, 3.63) is 184 Å². The molecule has 378 valence electrons. The summed E-state index contributed by atoms with van der Waals surface area (Å²) >= 11 is 0. The third-order valence-corrected chi connectivity index (χ3v) is 10.3. The average Bonchev–Trinajstić information content (AvgIpc) is 3.37. The van der Waals surface area contributed by atoms with E-state index in [9.17, 15) is 50.4 Å². The molecule has 2 N–H and O–H groups in total. The maximum absolute atomic E-state index is 12.9. The molecule has 0 aromatic heterocycles. The highest BCUT2D eigenvalue weighted by atomic mass is 19.4. The van der Waals surface area contributed by atoms with Crippen molar-refractivity contribution in [3.8, 4) is 34.1 Å². The van der Waals surface area contributed by atoms with Gasteiger partial charge >= 0.3 is 36.2 Å². The van der Waals surface area contributed by atoms with Crippen molar-refractivity contribution in [1.82, 2.24) is 0 Å². The number of carbonyl (C=O) groups is 4. The first-order valence-corrected chi connectivity index (χ1v) is 22.2. The summed E-state index contributed by atoms with van der Waals surface area (Å²) in [6, 6.07) is 33.4. The standard InChI is InChI=1S/C54H44F6N2O11/c55-53(56,57)27-1-29-68-43-19-9-37(10-20-43)51(65)72-45-15-3-35(4-16-45)7-25-49(63)70-33-39-31-41(61)13-23-47(39)48-24-14-42(62-67)32-40(48)34-71-50(64)26-8-36-5-17-46(18-6-36)73-52(66)38-11-21-44(22-12-38)69-30-2-28-54(58,59)60/h3-26,31-32H,1-2,27-30,33-34,61H2/b25-7+,26-8+. The summed E-state index contributed by atoms with van der Waals surface area (Å²) < 4.78 is 107. The van der Waals surface area contributed by atoms with Crippen LogP contribution in [0, 0.1) is 4.91 Å². The summed E-state index contributed by atoms with van der Waals surface area (Å²) in [6.07, 6.45) is -5.52. The molecule has 0 saturated heterocycles. The van der Waals surface area contributed by atoms with Gasteiger partial charge in [0.05, 0.1) is 24.3 Å². The van der Waals surface area contributed by atoms with E-state index in [4.69, 9.17) is 34.2 Å². The molecule has 0 aliphatic heterocycles. The summed E-state index contributed by atoms with van der Waals surface area (Å²) in [5.41, 5.74) is 10.0. The Morgan fingerprint density at radius 1 is 0.507 bits per heavy atom. The van der Waals surface area contributed by atoms with Crippen molar-refractivity contribution in [3.63, 3.8) is 0 Å². The van der Waals surface area contributed by atoms with Gasteiger partial charge in [-0.1, -0.05) is 36.4 Å². The maximum Gasteiger partial charge on any atom is 0.389 e. The monoisotopic (exact) mass is 1010 g/mol. The van der Waals surface area contributed by atoms with Crippen molar-refractivity contribution >= 4 is 47.4 Å². The number of esters is 4. The van der Waals surface area contributed by atoms with E-state index < -0.39 is 49.1 Å². The highest BCUT2D eigenvalue weighted by molar-refractivity contribution is 5.92. The second kappa shape index (κ2) is 25.4. The van der Waals surface area contributed by atoms with Crippen molar-refractivity contribution in [2.75, 3.05) is 18.9 Å². The fraction of sp³-hybridized carbons (Fsp3) is 0.185. The van der Waals surface area contributed by atoms with Gasteiger partial charge in [0.2, 0.25) is 0 Å². The molecule has 0 heterocycles. The lowest BCUT2D eigenvalue weighted by atomic mass is 9.95. The number of nitrogens with zero attached hydrogens (tertiary/aromatic N) is 1. The molecule has 6 aromatic rings. The zero-order valence-electron chi connectivity index (χ0n) is 38.5. The molecular weight excluding hydrogens is 967 g/mol. The van der Waals surface area contributed by atoms with Gasteiger partial charge in [-0.15, -0.1) is 4.91 Å². The van der Waals surface area contributed by atoms with Gasteiger partial charge in [-0.05, 0) is 161 Å². The van der Waals surface area contributed by atoms with Gasteiger partial charge in [-0.3, -0.25) is 0 Å². The van der Waals surface area contributed by atoms with Crippen LogP contribution in [-0.2, 0) is 32.3 Å². The summed E-state index contributed by atoms with van der Waals surface area (Å²) in [5.74, 6) is -1.77. The van der Waals surface area contributed by atoms with Crippen molar-refractivity contribution in [2.24, 2.45) is 5.18 Å². The minimum atomic E-state index is -4.27. The van der Waals surface area contributed by atoms with Crippen LogP contribution in [0.1, 0.15) is 68.7 Å². The largest absolute Gasteiger partial charge is 0.494 e. The van der Waals surface area contributed by atoms with Crippen molar-refractivity contribution in [1.29, 1.82) is 0 Å². The zero-order valence-corrected chi connectivity index (χ0v) is 38.5. The quantitative estimate of drug-likeness (QED) is 0.0130. The molecule has 0 fully saturated rings. The molecule has 0 amide bonds. The number of halogens is 6. The number of alkyl halides is 6. The molecule has 6 rings (SSSR count). The van der Waals surface area contributed by atoms with E-state index in [1.165, 1.54) is 109 Å². The van der Waals surface area contributed by atoms with Crippen LogP contribution < -0.4 is 24.7 Å². The number of nitrogen functional groups attached to an aromatic ring is 1. The Bertz CT molecular complexity index is 2920. The van der Waals surface area contributed by atoms with E-state index >= 15 is 0 Å². The molecule has 0 unspecified atom stereocenters. The predicted octanol–water partition coefficient (Wildman–Crippen LogP) is 12.7. The normalized spacial score (nSPS) is 11.5. The van der Waals surface area contributed by atoms with Crippen molar-refractivity contribution in [2.45, 2.75) is 51.2 Å². The van der Waals surface area contributed by atoms with Crippen LogP contribution in [0.4, 0.5) is 37.7 Å². The van der Waals surface area contributed by atoms with Gasteiger partial charge in [0, 0.05) is 30.7 Å². The number of benzene rings is 6. The molecule has 73 heavy (non-hydrogen) atoms. The number of carbonyl (C=O) groups excluding carboxylic acids is 4. The molecule has 13 nitrogen and oxygen atoms in total. The Morgan fingerprint density at radius 2 is 0.904 bits per heavy atom. The van der Waals surface area contributed by atoms with E-state index in [1.807, 2.05) is 0 Å². The predicted molar refractivity (Wildman–Crippen MR) is 257 cm³/mol. The molecule has 6 aromatic carbocycles. The zero-order chi connectivity index (χ0) is 52.4. The number of nitroso groups, excluding NO2 is 1. The lowest BCUT2D eigenvalue weighted by Gasteiger charge is -2.15. The van der Waals surface area contributed by atoms with Crippen LogP contribution in [0.3, 0.4) is 0 Å². The molecule has 0 aliphatic rings. The van der Waals surface area contributed by atoms with Crippen LogP contribution in [0.15, 0.2) is 151 Å². The number of rotatable bonds is 22. The molecular formula is C54H44F6N2O11. The summed E-state index contributed by atoms with van der Waals surface area (Å²) in [5, 5.41) is 3.01. The third kappa shape index (κ3) is 17.9. The SMILES string of the molecule is Nc1ccc(-c2ccc(N=O)cc2COC(=O)/C=C/c2ccc(OC(=O)c3ccc(OCCCC(F)(F)F)cc3)cc2)c(COC(=O)/C=C/c2ccc(OC(=O)c3ccc(OCCCC(F)(F)F)cc3)cc2)c1. The lowest BCUT2D eigenvalue weighted by molar-refractivity contribution is -0.139. The molecule has 0 saturated carbocycles. The van der Waals surface area contributed by atoms with E-state index in [1.54, 1.807) is 48.5 Å². The second-order valence-electron chi connectivity index (χ2n) is 15.8. The molecule has 0 aliphatic carbocycles. The first-order chi connectivity index (χ1) is 34.9. The first kappa shape index (κ1) is 53.6. The Labute approximate surface area is 413 Å². The van der Waals surface area contributed by atoms with Crippen LogP contribution in [0.2, 0.25) is 0 Å². The number of ether oxygens (including phenoxy) is 6. The van der Waals surface area contributed by atoms with Gasteiger partial charge in [-0.25, -0.2) is 19.2 Å². The third-order valence-electron chi connectivity index (χ3n) is 10.3. The van der Waals surface area contributed by atoms with E-state index in [0.717, 1.165) is 0 Å². The number of hydrogen-bond donors (Lipinski definition) is 1. The Balaban J connectivity index is 0.987. The van der Waals surface area contributed by atoms with E-state index in [2.05, 4.69) is 5.18 Å². The fourth-order valence-electron chi connectivity index (χ4n) is 6.66. The first-order valence-electron chi connectivity index (χ1n) is 22.2. The van der Waals surface area contributed by atoms with Gasteiger partial charge < -0.3 is 34.2 Å². The van der Waals surface area contributed by atoms with Crippen LogP contribution in [0.5, 0.6) is 23.0 Å². The molecule has 0 radical (unpaired) electrons. The smallest absolute Gasteiger partial charge is 0.389 e. The Morgan fingerprint density at radius 3 is 1.32 bits per heavy atom. The van der Waals surface area contributed by atoms with Gasteiger partial charge in [0.1, 0.15) is 41.9 Å². The van der Waals surface area contributed by atoms with Gasteiger partial charge in [-0.2, -0.15) is 26.3 Å². The lowest BCUT2D eigenvalue weighted by Crippen LogP contribution is -2.10. The molecule has 0 bridgehead atoms. The molecule has 0 spiro atoms. The Kier molecular flexibility index (Phi) is 18.7. The highest BCUT2D eigenvalue weighted by Gasteiger charge is 2.27. The highest BCUT2D eigenvalue weighted by Crippen LogP contribution is 2.33. The van der Waals surface area contributed by atoms with Gasteiger partial charge in [0.25, 0.3) is 0 Å². The summed E-state index contributed by atoms with van der Waals surface area (Å²) in [6.45, 7) is -0.775. The van der Waals surface area contributed by atoms with Crippen LogP contribution in [0.25, 0.3) is 23.3 Å². The topological polar surface area (TPSA) is 179 Å². The number of nitrogens with two attached hydrogens (primary N) is 1. The van der Waals surface area contributed by atoms with E-state index in [-0.39, 0.29) is 67.6 Å². The second-order valence-corrected chi connectivity index (χ2v) is 15.8. The number of hydrogen-bond acceptors (Lipinski definition) is 13. The number of anilines is 1. The fourth-order valence-corrected chi connectivity index (χ4v) is 6.66. The minimum absolute atomic E-state index is 0.0663. The molecule has 19 heteroatoms. The van der Waals surface area contributed by atoms with E-state index in [0.29, 0.717) is 50.6 Å². The minimum Gasteiger partial charge on any atom is -0.494 e. The average molecular weight is 1010 g/mol. The molecule has 0 atom stereocenters. The summed E-state index contributed by atoms with van der Waals surface area (Å²) in [7, 11) is 0. The maximum atomic E-state index is 12.9. The van der Waals surface area contributed by atoms with Gasteiger partial charge in [0.15, 0.2) is 0 Å². The summed E-state index contributed by atoms with van der Waals surface area (Å²) in [4.78, 5) is 62.6.